The molecule has 170 valence electrons. The number of halogens is 3. The van der Waals surface area contributed by atoms with Crippen molar-refractivity contribution in [2.45, 2.75) is 31.9 Å². The molecule has 0 unspecified atom stereocenters. The molecule has 1 aliphatic carbocycles. The first-order valence-electron chi connectivity index (χ1n) is 10.3. The molecule has 1 aromatic carbocycles. The second-order valence-electron chi connectivity index (χ2n) is 9.29. The second-order valence-corrected chi connectivity index (χ2v) is 9.29. The molecule has 1 aromatic rings. The fourth-order valence-electron chi connectivity index (χ4n) is 4.85. The lowest BCUT2D eigenvalue weighted by Gasteiger charge is -2.59. The molecule has 3 aliphatic rings. The summed E-state index contributed by atoms with van der Waals surface area (Å²) in [6.07, 6.45) is 1.89. The van der Waals surface area contributed by atoms with Gasteiger partial charge in [0.1, 0.15) is 11.6 Å². The fourth-order valence-corrected chi connectivity index (χ4v) is 4.85. The van der Waals surface area contributed by atoms with Crippen LogP contribution in [0.15, 0.2) is 18.2 Å². The Morgan fingerprint density at radius 3 is 2.58 bits per heavy atom. The lowest BCUT2D eigenvalue weighted by molar-refractivity contribution is -0.140. The third-order valence-corrected chi connectivity index (χ3v) is 6.12. The molecule has 0 bridgehead atoms. The van der Waals surface area contributed by atoms with E-state index >= 15 is 0 Å². The summed E-state index contributed by atoms with van der Waals surface area (Å²) in [5.74, 6) is -1.42. The van der Waals surface area contributed by atoms with Gasteiger partial charge in [-0.05, 0) is 43.2 Å². The molecule has 0 aromatic heterocycles. The first-order valence-corrected chi connectivity index (χ1v) is 10.3. The SMILES string of the molecule is CC1(NC(=O)CN2CC3(CC(CNC(=O)c4cc(F)cc(OC(F)F)c4)C3)C2)COC1. The van der Waals surface area contributed by atoms with Crippen molar-refractivity contribution >= 4 is 11.8 Å². The summed E-state index contributed by atoms with van der Waals surface area (Å²) in [7, 11) is 0. The van der Waals surface area contributed by atoms with E-state index in [0.29, 0.717) is 32.2 Å². The summed E-state index contributed by atoms with van der Waals surface area (Å²) in [5, 5.41) is 5.74. The van der Waals surface area contributed by atoms with Gasteiger partial charge in [-0.1, -0.05) is 0 Å². The zero-order valence-electron chi connectivity index (χ0n) is 17.3. The molecule has 1 spiro atoms. The summed E-state index contributed by atoms with van der Waals surface area (Å²) in [6, 6.07) is 2.89. The number of ether oxygens (including phenoxy) is 2. The van der Waals surface area contributed by atoms with Gasteiger partial charge in [0.15, 0.2) is 0 Å². The van der Waals surface area contributed by atoms with Crippen molar-refractivity contribution in [3.8, 4) is 5.75 Å². The first-order chi connectivity index (χ1) is 14.6. The van der Waals surface area contributed by atoms with E-state index in [2.05, 4.69) is 20.3 Å². The largest absolute Gasteiger partial charge is 0.435 e. The molecule has 4 rings (SSSR count). The van der Waals surface area contributed by atoms with Gasteiger partial charge in [0.2, 0.25) is 5.91 Å². The Labute approximate surface area is 178 Å². The molecule has 2 amide bonds. The smallest absolute Gasteiger partial charge is 0.387 e. The van der Waals surface area contributed by atoms with Crippen LogP contribution in [0.4, 0.5) is 13.2 Å². The molecule has 0 atom stereocenters. The minimum Gasteiger partial charge on any atom is -0.435 e. The maximum absolute atomic E-state index is 13.6. The Bertz CT molecular complexity index is 848. The lowest BCUT2D eigenvalue weighted by Crippen LogP contribution is -2.66. The van der Waals surface area contributed by atoms with E-state index in [4.69, 9.17) is 4.74 Å². The molecule has 31 heavy (non-hydrogen) atoms. The Morgan fingerprint density at radius 2 is 1.97 bits per heavy atom. The van der Waals surface area contributed by atoms with Crippen LogP contribution >= 0.6 is 0 Å². The van der Waals surface area contributed by atoms with E-state index < -0.39 is 18.3 Å². The van der Waals surface area contributed by atoms with Crippen LogP contribution in [0.1, 0.15) is 30.1 Å². The topological polar surface area (TPSA) is 79.9 Å². The van der Waals surface area contributed by atoms with E-state index in [1.54, 1.807) is 0 Å². The van der Waals surface area contributed by atoms with E-state index in [0.717, 1.165) is 44.1 Å². The number of nitrogens with zero attached hydrogens (tertiary/aromatic N) is 1. The minimum absolute atomic E-state index is 0.00840. The number of carbonyl (C=O) groups is 2. The summed E-state index contributed by atoms with van der Waals surface area (Å²) >= 11 is 0. The highest BCUT2D eigenvalue weighted by atomic mass is 19.3. The molecule has 2 N–H and O–H groups in total. The molecule has 2 heterocycles. The van der Waals surface area contributed by atoms with Gasteiger partial charge in [0, 0.05) is 31.3 Å². The molecule has 1 saturated carbocycles. The number of carbonyl (C=O) groups excluding carboxylic acids is 2. The van der Waals surface area contributed by atoms with Gasteiger partial charge in [-0.25, -0.2) is 4.39 Å². The van der Waals surface area contributed by atoms with Crippen molar-refractivity contribution < 1.29 is 32.2 Å². The molecule has 7 nitrogen and oxygen atoms in total. The number of alkyl halides is 2. The number of rotatable bonds is 8. The Kier molecular flexibility index (Phi) is 5.87. The Hall–Kier alpha value is -2.33. The molecule has 10 heteroatoms. The molecular formula is C21H26F3N3O4. The van der Waals surface area contributed by atoms with Crippen LogP contribution in [0.2, 0.25) is 0 Å². The molecule has 3 fully saturated rings. The van der Waals surface area contributed by atoms with Gasteiger partial charge in [-0.2, -0.15) is 8.78 Å². The minimum atomic E-state index is -3.09. The van der Waals surface area contributed by atoms with Crippen LogP contribution in [0, 0.1) is 17.2 Å². The predicted molar refractivity (Wildman–Crippen MR) is 104 cm³/mol. The number of likely N-dealkylation sites (tertiary alicyclic amines) is 1. The standard InChI is InChI=1S/C21H26F3N3O4/c1-20(11-30-12-20)26-17(28)8-27-9-21(10-27)5-13(6-21)7-25-18(29)14-2-15(22)4-16(3-14)31-19(23)24/h2-4,13,19H,5-12H2,1H3,(H,25,29)(H,26,28). The van der Waals surface area contributed by atoms with E-state index in [1.165, 1.54) is 0 Å². The first kappa shape index (κ1) is 21.9. The highest BCUT2D eigenvalue weighted by Gasteiger charge is 2.52. The van der Waals surface area contributed by atoms with Crippen LogP contribution in [0.25, 0.3) is 0 Å². The van der Waals surface area contributed by atoms with Crippen LogP contribution in [0.3, 0.4) is 0 Å². The summed E-state index contributed by atoms with van der Waals surface area (Å²) in [6.45, 7) is 2.49. The summed E-state index contributed by atoms with van der Waals surface area (Å²) in [4.78, 5) is 26.5. The number of amides is 2. The van der Waals surface area contributed by atoms with Crippen molar-refractivity contribution in [1.29, 1.82) is 0 Å². The van der Waals surface area contributed by atoms with Gasteiger partial charge in [0.25, 0.3) is 5.91 Å². The zero-order chi connectivity index (χ0) is 22.2. The van der Waals surface area contributed by atoms with Crippen molar-refractivity contribution in [3.05, 3.63) is 29.6 Å². The third kappa shape index (κ3) is 5.12. The van der Waals surface area contributed by atoms with Gasteiger partial charge in [-0.15, -0.1) is 0 Å². The summed E-state index contributed by atoms with van der Waals surface area (Å²) < 4.78 is 47.5. The average molecular weight is 441 g/mol. The van der Waals surface area contributed by atoms with Gasteiger partial charge in [0.05, 0.1) is 25.3 Å². The number of hydrogen-bond donors (Lipinski definition) is 2. The third-order valence-electron chi connectivity index (χ3n) is 6.12. The summed E-state index contributed by atoms with van der Waals surface area (Å²) in [5.41, 5.74) is -0.0972. The number of hydrogen-bond acceptors (Lipinski definition) is 5. The molecular weight excluding hydrogens is 415 g/mol. The van der Waals surface area contributed by atoms with E-state index in [9.17, 15) is 22.8 Å². The molecule has 2 aliphatic heterocycles. The van der Waals surface area contributed by atoms with Gasteiger partial charge >= 0.3 is 6.61 Å². The maximum atomic E-state index is 13.6. The lowest BCUT2D eigenvalue weighted by atomic mass is 9.57. The quantitative estimate of drug-likeness (QED) is 0.643. The Morgan fingerprint density at radius 1 is 1.26 bits per heavy atom. The molecule has 2 saturated heterocycles. The molecule has 0 radical (unpaired) electrons. The van der Waals surface area contributed by atoms with Crippen molar-refractivity contribution in [1.82, 2.24) is 15.5 Å². The Balaban J connectivity index is 1.16. The van der Waals surface area contributed by atoms with Crippen molar-refractivity contribution in [2.75, 3.05) is 39.4 Å². The van der Waals surface area contributed by atoms with Gasteiger partial charge < -0.3 is 20.1 Å². The average Bonchev–Trinajstić information content (AvgIpc) is 2.58. The van der Waals surface area contributed by atoms with Crippen molar-refractivity contribution in [2.24, 2.45) is 11.3 Å². The fraction of sp³-hybridized carbons (Fsp3) is 0.619. The monoisotopic (exact) mass is 441 g/mol. The normalized spacial score (nSPS) is 21.7. The zero-order valence-corrected chi connectivity index (χ0v) is 17.3. The van der Waals surface area contributed by atoms with E-state index in [1.807, 2.05) is 6.92 Å². The van der Waals surface area contributed by atoms with Gasteiger partial charge in [-0.3, -0.25) is 14.5 Å². The highest BCUT2D eigenvalue weighted by Crippen LogP contribution is 2.51. The van der Waals surface area contributed by atoms with Crippen LogP contribution in [-0.2, 0) is 9.53 Å². The maximum Gasteiger partial charge on any atom is 0.387 e. The van der Waals surface area contributed by atoms with Crippen molar-refractivity contribution in [3.63, 3.8) is 0 Å². The van der Waals surface area contributed by atoms with E-state index in [-0.39, 0.29) is 28.2 Å². The van der Waals surface area contributed by atoms with Crippen LogP contribution in [-0.4, -0.2) is 68.3 Å². The number of benzene rings is 1. The predicted octanol–water partition coefficient (Wildman–Crippen LogP) is 1.77. The number of nitrogens with one attached hydrogen (secondary N) is 2. The van der Waals surface area contributed by atoms with Crippen LogP contribution < -0.4 is 15.4 Å². The highest BCUT2D eigenvalue weighted by molar-refractivity contribution is 5.94. The van der Waals surface area contributed by atoms with Crippen LogP contribution in [0.5, 0.6) is 5.75 Å². The second kappa shape index (κ2) is 8.31.